The normalized spacial score (nSPS) is 28.8. The van der Waals surface area contributed by atoms with Crippen molar-refractivity contribution < 1.29 is 53.9 Å². The summed E-state index contributed by atoms with van der Waals surface area (Å²) in [6.07, 6.45) is 7.09. The standard InChI is InChI=1S/C15H18N2O4.C12H21N3O3.C12H20N2O4/c18-14(16-20)13-11-6-7-12(8-11)17(13)15(19)21-9-10-4-2-1-3-5-10;1-3-14(4-2)12(17)15-9-6-5-8(7-9)10(15)11(16)13-18;1-12(2,3)18-11(16)14-8-5-4-7(6-8)9(14)10(15)13-17/h1-5,11-13,20H,6-9H2,(H,16,18);8-10,18H,3-7H2,1-2H3,(H,13,16);7-9,17H,4-6H2,1-3H3,(H,13,15). The summed E-state index contributed by atoms with van der Waals surface area (Å²) >= 11 is 0. The molecular formula is C39H59N7O11. The monoisotopic (exact) mass is 801 g/mol. The fourth-order valence-electron chi connectivity index (χ4n) is 9.74. The van der Waals surface area contributed by atoms with Crippen LogP contribution in [0.5, 0.6) is 0 Å². The number of rotatable bonds is 7. The Balaban J connectivity index is 0.000000164. The van der Waals surface area contributed by atoms with Crippen LogP contribution >= 0.6 is 0 Å². The van der Waals surface area contributed by atoms with Gasteiger partial charge < -0.3 is 19.3 Å². The van der Waals surface area contributed by atoms with E-state index in [1.54, 1.807) is 47.0 Å². The van der Waals surface area contributed by atoms with E-state index in [0.29, 0.717) is 13.1 Å². The topological polar surface area (TPSA) is 231 Å². The fraction of sp³-hybridized carbons (Fsp3) is 0.692. The van der Waals surface area contributed by atoms with Crippen LogP contribution in [0.25, 0.3) is 0 Å². The number of fused-ring (bicyclic) bond motifs is 6. The summed E-state index contributed by atoms with van der Waals surface area (Å²) < 4.78 is 10.6. The van der Waals surface area contributed by atoms with Crippen molar-refractivity contribution in [3.05, 3.63) is 35.9 Å². The van der Waals surface area contributed by atoms with Crippen LogP contribution in [-0.4, -0.2) is 126 Å². The highest BCUT2D eigenvalue weighted by Gasteiger charge is 2.54. The van der Waals surface area contributed by atoms with E-state index in [1.807, 2.05) is 44.2 Å². The van der Waals surface area contributed by atoms with Gasteiger partial charge in [0, 0.05) is 31.2 Å². The molecule has 1 aromatic carbocycles. The quantitative estimate of drug-likeness (QED) is 0.172. The minimum atomic E-state index is -0.614. The first-order valence-corrected chi connectivity index (χ1v) is 20.1. The number of carbonyl (C=O) groups excluding carboxylic acids is 6. The summed E-state index contributed by atoms with van der Waals surface area (Å²) in [5.74, 6) is -1.06. The molecule has 18 heteroatoms. The molecule has 3 heterocycles. The number of piperidine rings is 3. The number of hydrogen-bond acceptors (Lipinski definition) is 11. The second-order valence-electron chi connectivity index (χ2n) is 16.6. The molecule has 9 unspecified atom stereocenters. The number of carbonyl (C=O) groups is 6. The Morgan fingerprint density at radius 1 is 0.649 bits per heavy atom. The largest absolute Gasteiger partial charge is 0.445 e. The summed E-state index contributed by atoms with van der Waals surface area (Å²) in [6, 6.07) is 7.88. The maximum absolute atomic E-state index is 12.4. The Labute approximate surface area is 333 Å². The van der Waals surface area contributed by atoms with Gasteiger partial charge in [-0.15, -0.1) is 0 Å². The zero-order valence-corrected chi connectivity index (χ0v) is 33.5. The Hall–Kier alpha value is -4.68. The molecule has 7 rings (SSSR count). The number of urea groups is 1. The average molecular weight is 802 g/mol. The van der Waals surface area contributed by atoms with Crippen molar-refractivity contribution in [3.63, 3.8) is 0 Å². The van der Waals surface area contributed by atoms with Crippen LogP contribution in [0.2, 0.25) is 0 Å². The van der Waals surface area contributed by atoms with Gasteiger partial charge >= 0.3 is 18.2 Å². The summed E-state index contributed by atoms with van der Waals surface area (Å²) in [5.41, 5.74) is 5.33. The summed E-state index contributed by atoms with van der Waals surface area (Å²) in [7, 11) is 0. The molecule has 6 fully saturated rings. The smallest absolute Gasteiger partial charge is 0.411 e. The lowest BCUT2D eigenvalue weighted by Crippen LogP contribution is -2.56. The van der Waals surface area contributed by atoms with E-state index in [9.17, 15) is 28.8 Å². The van der Waals surface area contributed by atoms with Gasteiger partial charge in [0.25, 0.3) is 17.7 Å². The average Bonchev–Trinajstić information content (AvgIpc) is 4.08. The highest BCUT2D eigenvalue weighted by Crippen LogP contribution is 2.45. The van der Waals surface area contributed by atoms with Crippen molar-refractivity contribution >= 4 is 35.9 Å². The van der Waals surface area contributed by atoms with Gasteiger partial charge in [0.2, 0.25) is 0 Å². The van der Waals surface area contributed by atoms with Gasteiger partial charge in [0.15, 0.2) is 0 Å². The molecule has 0 radical (unpaired) electrons. The Bertz CT molecular complexity index is 1610. The van der Waals surface area contributed by atoms with Gasteiger partial charge in [0.05, 0.1) is 0 Å². The third-order valence-electron chi connectivity index (χ3n) is 12.2. The summed E-state index contributed by atoms with van der Waals surface area (Å²) in [5, 5.41) is 26.5. The third-order valence-corrected chi connectivity index (χ3v) is 12.2. The van der Waals surface area contributed by atoms with E-state index in [-0.39, 0.29) is 48.5 Å². The molecule has 3 saturated carbocycles. The van der Waals surface area contributed by atoms with Crippen LogP contribution in [-0.2, 0) is 30.5 Å². The lowest BCUT2D eigenvalue weighted by Gasteiger charge is -2.37. The number of nitrogens with zero attached hydrogens (tertiary/aromatic N) is 4. The highest BCUT2D eigenvalue weighted by atomic mass is 16.6. The maximum atomic E-state index is 12.4. The number of nitrogens with one attached hydrogen (secondary N) is 3. The zero-order chi connectivity index (χ0) is 41.6. The van der Waals surface area contributed by atoms with Crippen molar-refractivity contribution in [2.45, 2.75) is 141 Å². The van der Waals surface area contributed by atoms with Crippen LogP contribution < -0.4 is 16.4 Å². The van der Waals surface area contributed by atoms with Crippen molar-refractivity contribution in [3.8, 4) is 0 Å². The van der Waals surface area contributed by atoms with Gasteiger partial charge in [-0.3, -0.25) is 39.8 Å². The van der Waals surface area contributed by atoms with Gasteiger partial charge in [-0.2, -0.15) is 0 Å². The predicted molar refractivity (Wildman–Crippen MR) is 201 cm³/mol. The number of likely N-dealkylation sites (tertiary alicyclic amines) is 3. The summed E-state index contributed by atoms with van der Waals surface area (Å²) in [6.45, 7) is 10.7. The molecule has 18 nitrogen and oxygen atoms in total. The fourth-order valence-corrected chi connectivity index (χ4v) is 9.74. The van der Waals surface area contributed by atoms with Gasteiger partial charge in [-0.1, -0.05) is 30.3 Å². The van der Waals surface area contributed by atoms with E-state index < -0.39 is 53.6 Å². The minimum Gasteiger partial charge on any atom is -0.445 e. The number of ether oxygens (including phenoxy) is 2. The van der Waals surface area contributed by atoms with Gasteiger partial charge in [-0.05, 0) is 116 Å². The van der Waals surface area contributed by atoms with E-state index in [1.165, 1.54) is 9.80 Å². The van der Waals surface area contributed by atoms with Crippen LogP contribution in [0.1, 0.15) is 98.0 Å². The lowest BCUT2D eigenvalue weighted by atomic mass is 9.98. The second kappa shape index (κ2) is 18.7. The van der Waals surface area contributed by atoms with Crippen LogP contribution in [0.4, 0.5) is 14.4 Å². The molecule has 3 aliphatic heterocycles. The highest BCUT2D eigenvalue weighted by molar-refractivity contribution is 5.88. The molecule has 7 amide bonds. The van der Waals surface area contributed by atoms with Crippen molar-refractivity contribution in [2.24, 2.45) is 17.8 Å². The Morgan fingerprint density at radius 3 is 1.46 bits per heavy atom. The molecule has 3 aliphatic carbocycles. The van der Waals surface area contributed by atoms with E-state index in [0.717, 1.165) is 63.4 Å². The van der Waals surface area contributed by atoms with Crippen LogP contribution in [0.15, 0.2) is 30.3 Å². The number of hydrogen-bond donors (Lipinski definition) is 6. The molecular weight excluding hydrogens is 742 g/mol. The third kappa shape index (κ3) is 9.55. The number of hydroxylamine groups is 3. The molecule has 0 aromatic heterocycles. The van der Waals surface area contributed by atoms with E-state index in [2.05, 4.69) is 0 Å². The van der Waals surface area contributed by atoms with Crippen LogP contribution in [0.3, 0.4) is 0 Å². The predicted octanol–water partition coefficient (Wildman–Crippen LogP) is 3.77. The van der Waals surface area contributed by atoms with E-state index >= 15 is 0 Å². The molecule has 3 saturated heterocycles. The van der Waals surface area contributed by atoms with Gasteiger partial charge in [0.1, 0.15) is 30.3 Å². The molecule has 6 bridgehead atoms. The van der Waals surface area contributed by atoms with Crippen molar-refractivity contribution in [2.75, 3.05) is 13.1 Å². The van der Waals surface area contributed by atoms with Crippen molar-refractivity contribution in [1.29, 1.82) is 0 Å². The molecule has 6 aliphatic rings. The molecule has 316 valence electrons. The SMILES string of the molecule is CC(C)(C)OC(=O)N1C2CCC(C2)C1C(=O)NO.CCN(CC)C(=O)N1C2CCC(C2)C1C(=O)NO.O=C(NO)C1C2CCC(C2)N1C(=O)OCc1ccccc1. The minimum absolute atomic E-state index is 0.0422. The number of benzene rings is 1. The Kier molecular flexibility index (Phi) is 14.3. The maximum Gasteiger partial charge on any atom is 0.411 e. The second-order valence-corrected chi connectivity index (χ2v) is 16.6. The zero-order valence-electron chi connectivity index (χ0n) is 33.5. The first kappa shape index (κ1) is 43.4. The van der Waals surface area contributed by atoms with Crippen LogP contribution in [0, 0.1) is 17.8 Å². The number of amides is 7. The summed E-state index contributed by atoms with van der Waals surface area (Å²) in [4.78, 5) is 78.4. The van der Waals surface area contributed by atoms with Crippen molar-refractivity contribution in [1.82, 2.24) is 36.0 Å². The molecule has 57 heavy (non-hydrogen) atoms. The van der Waals surface area contributed by atoms with Gasteiger partial charge in [-0.25, -0.2) is 30.8 Å². The lowest BCUT2D eigenvalue weighted by molar-refractivity contribution is -0.136. The Morgan fingerprint density at radius 2 is 1.05 bits per heavy atom. The molecule has 9 atom stereocenters. The molecule has 1 aromatic rings. The molecule has 0 spiro atoms. The van der Waals surface area contributed by atoms with E-state index in [4.69, 9.17) is 25.1 Å². The molecule has 6 N–H and O–H groups in total. The first-order chi connectivity index (χ1) is 27.2. The first-order valence-electron chi connectivity index (χ1n) is 20.1.